The summed E-state index contributed by atoms with van der Waals surface area (Å²) in [5.41, 5.74) is 2.98. The number of para-hydroxylation sites is 1. The monoisotopic (exact) mass is 386 g/mol. The summed E-state index contributed by atoms with van der Waals surface area (Å²) in [6.45, 7) is 1.82. The summed E-state index contributed by atoms with van der Waals surface area (Å²) in [7, 11) is 0. The number of ether oxygens (including phenoxy) is 1. The molecule has 0 aliphatic heterocycles. The summed E-state index contributed by atoms with van der Waals surface area (Å²) in [4.78, 5) is 12.4. The van der Waals surface area contributed by atoms with E-state index in [2.05, 4.69) is 27.6 Å². The van der Waals surface area contributed by atoms with E-state index in [4.69, 9.17) is 4.74 Å². The van der Waals surface area contributed by atoms with E-state index in [1.165, 1.54) is 5.56 Å². The van der Waals surface area contributed by atoms with Gasteiger partial charge in [0.15, 0.2) is 18.1 Å². The van der Waals surface area contributed by atoms with Gasteiger partial charge >= 0.3 is 0 Å². The zero-order valence-corrected chi connectivity index (χ0v) is 16.2. The van der Waals surface area contributed by atoms with Gasteiger partial charge < -0.3 is 10.1 Å². The Balaban J connectivity index is 1.39. The Bertz CT molecular complexity index is 1110. The van der Waals surface area contributed by atoms with Crippen LogP contribution in [0.3, 0.4) is 0 Å². The van der Waals surface area contributed by atoms with Crippen molar-refractivity contribution in [3.05, 3.63) is 95.9 Å². The fraction of sp³-hybridized carbons (Fsp3) is 0.174. The van der Waals surface area contributed by atoms with E-state index in [0.717, 1.165) is 17.6 Å². The summed E-state index contributed by atoms with van der Waals surface area (Å²) in [5.74, 6) is 1.19. The van der Waals surface area contributed by atoms with Crippen molar-refractivity contribution in [2.24, 2.45) is 0 Å². The van der Waals surface area contributed by atoms with Gasteiger partial charge in [0.05, 0.1) is 6.04 Å². The maximum atomic E-state index is 12.4. The summed E-state index contributed by atoms with van der Waals surface area (Å²) in [6, 6.07) is 23.4. The molecule has 2 aromatic heterocycles. The van der Waals surface area contributed by atoms with E-state index >= 15 is 0 Å². The number of aromatic nitrogens is 3. The van der Waals surface area contributed by atoms with Gasteiger partial charge in [-0.15, -0.1) is 10.2 Å². The van der Waals surface area contributed by atoms with Crippen LogP contribution in [-0.4, -0.2) is 27.1 Å². The van der Waals surface area contributed by atoms with E-state index in [1.807, 2.05) is 78.2 Å². The van der Waals surface area contributed by atoms with E-state index in [9.17, 15) is 4.79 Å². The molecule has 29 heavy (non-hydrogen) atoms. The third kappa shape index (κ3) is 4.43. The zero-order valence-electron chi connectivity index (χ0n) is 16.2. The second-order valence-corrected chi connectivity index (χ2v) is 6.84. The first-order valence-corrected chi connectivity index (χ1v) is 9.54. The quantitative estimate of drug-likeness (QED) is 0.527. The first-order valence-electron chi connectivity index (χ1n) is 9.54. The molecule has 0 radical (unpaired) electrons. The molecule has 2 heterocycles. The van der Waals surface area contributed by atoms with E-state index in [0.29, 0.717) is 11.6 Å². The fourth-order valence-electron chi connectivity index (χ4n) is 3.25. The molecule has 1 atom stereocenters. The van der Waals surface area contributed by atoms with E-state index in [-0.39, 0.29) is 18.6 Å². The number of rotatable bonds is 7. The number of carbonyl (C=O) groups is 1. The third-order valence-corrected chi connectivity index (χ3v) is 4.67. The Morgan fingerprint density at radius 2 is 1.76 bits per heavy atom. The Morgan fingerprint density at radius 1 is 1.00 bits per heavy atom. The van der Waals surface area contributed by atoms with Gasteiger partial charge in [-0.25, -0.2) is 0 Å². The van der Waals surface area contributed by atoms with Crippen molar-refractivity contribution in [3.63, 3.8) is 0 Å². The SMILES string of the molecule is C[C@@H](NC(=O)COc1ccccc1Cc1ccccc1)c1nnc2ccccn12. The van der Waals surface area contributed by atoms with Gasteiger partial charge in [-0.2, -0.15) is 0 Å². The first kappa shape index (κ1) is 18.7. The fourth-order valence-corrected chi connectivity index (χ4v) is 3.25. The van der Waals surface area contributed by atoms with Crippen molar-refractivity contribution in [1.82, 2.24) is 19.9 Å². The van der Waals surface area contributed by atoms with Crippen LogP contribution in [0.25, 0.3) is 5.65 Å². The Morgan fingerprint density at radius 3 is 2.62 bits per heavy atom. The van der Waals surface area contributed by atoms with Crippen molar-refractivity contribution in [2.45, 2.75) is 19.4 Å². The average molecular weight is 386 g/mol. The molecule has 0 unspecified atom stereocenters. The third-order valence-electron chi connectivity index (χ3n) is 4.67. The van der Waals surface area contributed by atoms with Gasteiger partial charge in [0.1, 0.15) is 5.75 Å². The minimum atomic E-state index is -0.289. The molecule has 6 nitrogen and oxygen atoms in total. The average Bonchev–Trinajstić information content (AvgIpc) is 3.18. The van der Waals surface area contributed by atoms with Gasteiger partial charge in [-0.3, -0.25) is 9.20 Å². The van der Waals surface area contributed by atoms with Gasteiger partial charge in [0, 0.05) is 12.6 Å². The van der Waals surface area contributed by atoms with Crippen molar-refractivity contribution in [1.29, 1.82) is 0 Å². The molecule has 1 N–H and O–H groups in total. The second-order valence-electron chi connectivity index (χ2n) is 6.84. The van der Waals surface area contributed by atoms with Gasteiger partial charge in [0.25, 0.3) is 5.91 Å². The minimum absolute atomic E-state index is 0.0626. The normalized spacial score (nSPS) is 11.9. The Hall–Kier alpha value is -3.67. The lowest BCUT2D eigenvalue weighted by Gasteiger charge is -2.14. The van der Waals surface area contributed by atoms with Crippen LogP contribution >= 0.6 is 0 Å². The molecular weight excluding hydrogens is 364 g/mol. The number of benzene rings is 2. The minimum Gasteiger partial charge on any atom is -0.483 e. The van der Waals surface area contributed by atoms with Crippen molar-refractivity contribution < 1.29 is 9.53 Å². The molecule has 0 aliphatic rings. The number of fused-ring (bicyclic) bond motifs is 1. The smallest absolute Gasteiger partial charge is 0.258 e. The Kier molecular flexibility index (Phi) is 5.52. The Labute approximate surface area is 169 Å². The molecule has 1 amide bonds. The summed E-state index contributed by atoms with van der Waals surface area (Å²) in [6.07, 6.45) is 2.63. The molecule has 4 rings (SSSR count). The molecule has 0 saturated carbocycles. The molecule has 6 heteroatoms. The summed E-state index contributed by atoms with van der Waals surface area (Å²) >= 11 is 0. The highest BCUT2D eigenvalue weighted by Crippen LogP contribution is 2.21. The first-order chi connectivity index (χ1) is 14.2. The van der Waals surface area contributed by atoms with E-state index < -0.39 is 0 Å². The second kappa shape index (κ2) is 8.56. The molecule has 0 aliphatic carbocycles. The maximum absolute atomic E-state index is 12.4. The topological polar surface area (TPSA) is 68.5 Å². The predicted molar refractivity (Wildman–Crippen MR) is 111 cm³/mol. The van der Waals surface area contributed by atoms with Gasteiger partial charge in [-0.05, 0) is 36.2 Å². The predicted octanol–water partition coefficient (Wildman–Crippen LogP) is 3.58. The highest BCUT2D eigenvalue weighted by Gasteiger charge is 2.16. The van der Waals surface area contributed by atoms with Crippen LogP contribution in [0.4, 0.5) is 0 Å². The molecule has 0 bridgehead atoms. The number of pyridine rings is 1. The van der Waals surface area contributed by atoms with Crippen molar-refractivity contribution >= 4 is 11.6 Å². The molecule has 0 fully saturated rings. The summed E-state index contributed by atoms with van der Waals surface area (Å²) in [5, 5.41) is 11.2. The van der Waals surface area contributed by atoms with E-state index in [1.54, 1.807) is 0 Å². The maximum Gasteiger partial charge on any atom is 0.258 e. The van der Waals surface area contributed by atoms with Crippen LogP contribution in [0.2, 0.25) is 0 Å². The van der Waals surface area contributed by atoms with Crippen LogP contribution < -0.4 is 10.1 Å². The lowest BCUT2D eigenvalue weighted by molar-refractivity contribution is -0.123. The molecule has 2 aromatic carbocycles. The van der Waals surface area contributed by atoms with Crippen molar-refractivity contribution in [3.8, 4) is 5.75 Å². The molecule has 146 valence electrons. The number of nitrogens with one attached hydrogen (secondary N) is 1. The largest absolute Gasteiger partial charge is 0.483 e. The highest BCUT2D eigenvalue weighted by molar-refractivity contribution is 5.78. The number of hydrogen-bond acceptors (Lipinski definition) is 4. The number of amides is 1. The lowest BCUT2D eigenvalue weighted by Crippen LogP contribution is -2.32. The van der Waals surface area contributed by atoms with Crippen LogP contribution in [0.5, 0.6) is 5.75 Å². The van der Waals surface area contributed by atoms with Crippen LogP contribution in [-0.2, 0) is 11.2 Å². The van der Waals surface area contributed by atoms with Crippen LogP contribution in [0.1, 0.15) is 29.9 Å². The molecule has 4 aromatic rings. The molecule has 0 spiro atoms. The lowest BCUT2D eigenvalue weighted by atomic mass is 10.0. The number of nitrogens with zero attached hydrogens (tertiary/aromatic N) is 3. The number of carbonyl (C=O) groups excluding carboxylic acids is 1. The van der Waals surface area contributed by atoms with Crippen LogP contribution in [0, 0.1) is 0 Å². The summed E-state index contributed by atoms with van der Waals surface area (Å²) < 4.78 is 7.68. The van der Waals surface area contributed by atoms with Gasteiger partial charge in [0.2, 0.25) is 0 Å². The number of hydrogen-bond donors (Lipinski definition) is 1. The highest BCUT2D eigenvalue weighted by atomic mass is 16.5. The molecule has 0 saturated heterocycles. The molecular formula is C23H22N4O2. The zero-order chi connectivity index (χ0) is 20.1. The van der Waals surface area contributed by atoms with Gasteiger partial charge in [-0.1, -0.05) is 54.6 Å². The standard InChI is InChI=1S/C23H22N4O2/c1-17(23-26-25-21-13-7-8-14-27(21)23)24-22(28)16-29-20-12-6-5-11-19(20)15-18-9-3-2-4-10-18/h2-14,17H,15-16H2,1H3,(H,24,28)/t17-/m1/s1. The van der Waals surface area contributed by atoms with Crippen LogP contribution in [0.15, 0.2) is 79.0 Å². The van der Waals surface area contributed by atoms with Crippen molar-refractivity contribution in [2.75, 3.05) is 6.61 Å².